The van der Waals surface area contributed by atoms with Crippen LogP contribution in [0, 0.1) is 13.8 Å². The number of carbonyl (C=O) groups is 1. The Kier molecular flexibility index (Phi) is 5.86. The second-order valence-corrected chi connectivity index (χ2v) is 9.56. The van der Waals surface area contributed by atoms with Crippen LogP contribution < -0.4 is 4.74 Å². The first kappa shape index (κ1) is 23.1. The number of fused-ring (bicyclic) bond motifs is 1. The monoisotopic (exact) mass is 486 g/mol. The fourth-order valence-electron chi connectivity index (χ4n) is 3.90. The van der Waals surface area contributed by atoms with E-state index in [0.29, 0.717) is 23.9 Å². The topological polar surface area (TPSA) is 109 Å². The van der Waals surface area contributed by atoms with Gasteiger partial charge in [0.05, 0.1) is 0 Å². The van der Waals surface area contributed by atoms with E-state index < -0.39 is 22.1 Å². The number of ether oxygens (including phenoxy) is 1. The summed E-state index contributed by atoms with van der Waals surface area (Å²) >= 11 is 0. The van der Waals surface area contributed by atoms with E-state index in [1.165, 1.54) is 40.4 Å². The maximum Gasteiger partial charge on any atom is 0.573 e. The van der Waals surface area contributed by atoms with Gasteiger partial charge in [0, 0.05) is 43.1 Å². The van der Waals surface area contributed by atoms with E-state index in [1.54, 1.807) is 6.92 Å². The highest BCUT2D eigenvalue weighted by Crippen LogP contribution is 2.28. The number of aromatic nitrogens is 2. The molecule has 0 saturated carbocycles. The SMILES string of the molecule is Cc1noc(C)c1S(=O)(=O)N1CCCN(C(=O)c2cc3ccc(OC(F)(F)F)cc3[nH]2)CC1. The lowest BCUT2D eigenvalue weighted by Crippen LogP contribution is -2.37. The van der Waals surface area contributed by atoms with Gasteiger partial charge < -0.3 is 19.1 Å². The highest BCUT2D eigenvalue weighted by Gasteiger charge is 2.33. The van der Waals surface area contributed by atoms with Crippen LogP contribution >= 0.6 is 0 Å². The van der Waals surface area contributed by atoms with Gasteiger partial charge in [0.1, 0.15) is 22.0 Å². The van der Waals surface area contributed by atoms with Gasteiger partial charge in [-0.1, -0.05) is 5.16 Å². The first-order chi connectivity index (χ1) is 15.5. The van der Waals surface area contributed by atoms with Crippen LogP contribution in [-0.4, -0.2) is 66.2 Å². The Balaban J connectivity index is 1.50. The van der Waals surface area contributed by atoms with Crippen molar-refractivity contribution in [3.05, 3.63) is 41.4 Å². The average molecular weight is 486 g/mol. The van der Waals surface area contributed by atoms with Crippen LogP contribution in [0.5, 0.6) is 5.75 Å². The molecule has 1 aliphatic heterocycles. The molecule has 0 unspecified atom stereocenters. The molecule has 1 saturated heterocycles. The lowest BCUT2D eigenvalue weighted by atomic mass is 10.2. The third kappa shape index (κ3) is 4.69. The van der Waals surface area contributed by atoms with Gasteiger partial charge in [-0.05, 0) is 38.5 Å². The Morgan fingerprint density at radius 1 is 1.15 bits per heavy atom. The van der Waals surface area contributed by atoms with Crippen LogP contribution in [0.1, 0.15) is 28.4 Å². The van der Waals surface area contributed by atoms with E-state index in [-0.39, 0.29) is 47.6 Å². The predicted octanol–water partition coefficient (Wildman–Crippen LogP) is 3.21. The molecule has 0 radical (unpaired) electrons. The molecule has 178 valence electrons. The number of carbonyl (C=O) groups excluding carboxylic acids is 1. The molecule has 1 fully saturated rings. The van der Waals surface area contributed by atoms with Gasteiger partial charge in [-0.15, -0.1) is 13.2 Å². The van der Waals surface area contributed by atoms with Gasteiger partial charge in [-0.25, -0.2) is 8.42 Å². The second kappa shape index (κ2) is 8.37. The summed E-state index contributed by atoms with van der Waals surface area (Å²) in [6.45, 7) is 3.87. The molecule has 0 spiro atoms. The van der Waals surface area contributed by atoms with Crippen molar-refractivity contribution >= 4 is 26.8 Å². The van der Waals surface area contributed by atoms with Crippen LogP contribution in [0.25, 0.3) is 10.9 Å². The van der Waals surface area contributed by atoms with Gasteiger partial charge in [-0.2, -0.15) is 4.31 Å². The molecule has 0 bridgehead atoms. The Morgan fingerprint density at radius 3 is 2.58 bits per heavy atom. The van der Waals surface area contributed by atoms with Gasteiger partial charge in [0.25, 0.3) is 5.91 Å². The molecular weight excluding hydrogens is 465 g/mol. The summed E-state index contributed by atoms with van der Waals surface area (Å²) in [4.78, 5) is 17.4. The lowest BCUT2D eigenvalue weighted by molar-refractivity contribution is -0.274. The van der Waals surface area contributed by atoms with E-state index >= 15 is 0 Å². The summed E-state index contributed by atoms with van der Waals surface area (Å²) in [6.07, 6.45) is -4.40. The van der Waals surface area contributed by atoms with Gasteiger partial charge in [0.15, 0.2) is 5.76 Å². The zero-order chi connectivity index (χ0) is 24.0. The van der Waals surface area contributed by atoms with Crippen molar-refractivity contribution in [2.24, 2.45) is 0 Å². The predicted molar refractivity (Wildman–Crippen MR) is 110 cm³/mol. The van der Waals surface area contributed by atoms with Crippen molar-refractivity contribution in [1.82, 2.24) is 19.3 Å². The zero-order valence-electron chi connectivity index (χ0n) is 17.8. The largest absolute Gasteiger partial charge is 0.573 e. The van der Waals surface area contributed by atoms with E-state index in [2.05, 4.69) is 14.9 Å². The zero-order valence-corrected chi connectivity index (χ0v) is 18.6. The molecule has 2 aromatic heterocycles. The van der Waals surface area contributed by atoms with Crippen LogP contribution in [0.15, 0.2) is 33.7 Å². The maximum absolute atomic E-state index is 13.1. The third-order valence-electron chi connectivity index (χ3n) is 5.37. The highest BCUT2D eigenvalue weighted by molar-refractivity contribution is 7.89. The molecule has 1 aliphatic rings. The van der Waals surface area contributed by atoms with Gasteiger partial charge in [0.2, 0.25) is 10.0 Å². The third-order valence-corrected chi connectivity index (χ3v) is 7.51. The molecule has 0 atom stereocenters. The molecule has 1 amide bonds. The smallest absolute Gasteiger partial charge is 0.406 e. The average Bonchev–Trinajstić information content (AvgIpc) is 3.18. The number of aryl methyl sites for hydroxylation is 2. The Labute approximate surface area is 187 Å². The number of nitrogens with zero attached hydrogens (tertiary/aromatic N) is 3. The Bertz CT molecular complexity index is 1280. The molecule has 3 aromatic rings. The standard InChI is InChI=1S/C20H21F3N4O5S/c1-12-18(13(2)32-25-12)33(29,30)27-7-3-6-26(8-9-27)19(28)17-10-14-4-5-15(11-16(14)24-17)31-20(21,22)23/h4-5,10-11,24H,3,6-9H2,1-2H3. The van der Waals surface area contributed by atoms with E-state index in [9.17, 15) is 26.4 Å². The molecule has 3 heterocycles. The van der Waals surface area contributed by atoms with E-state index in [0.717, 1.165) is 0 Å². The molecule has 13 heteroatoms. The van der Waals surface area contributed by atoms with E-state index in [1.807, 2.05) is 0 Å². The summed E-state index contributed by atoms with van der Waals surface area (Å²) in [5.41, 5.74) is 0.783. The van der Waals surface area contributed by atoms with Crippen molar-refractivity contribution in [3.63, 3.8) is 0 Å². The van der Waals surface area contributed by atoms with Gasteiger partial charge in [-0.3, -0.25) is 4.79 Å². The first-order valence-corrected chi connectivity index (χ1v) is 11.5. The summed E-state index contributed by atoms with van der Waals surface area (Å²) in [6, 6.07) is 5.30. The molecule has 4 rings (SSSR count). The van der Waals surface area contributed by atoms with Crippen molar-refractivity contribution in [1.29, 1.82) is 0 Å². The summed E-state index contributed by atoms with van der Waals surface area (Å²) in [5.74, 6) is -0.566. The number of hydrogen-bond acceptors (Lipinski definition) is 6. The summed E-state index contributed by atoms with van der Waals surface area (Å²) < 4.78 is 73.7. The van der Waals surface area contributed by atoms with Crippen molar-refractivity contribution in [3.8, 4) is 5.75 Å². The Morgan fingerprint density at radius 2 is 1.91 bits per heavy atom. The van der Waals surface area contributed by atoms with Crippen LogP contribution in [0.3, 0.4) is 0 Å². The Hall–Kier alpha value is -3.06. The number of hydrogen-bond donors (Lipinski definition) is 1. The summed E-state index contributed by atoms with van der Waals surface area (Å²) in [7, 11) is -3.83. The van der Waals surface area contributed by atoms with E-state index in [4.69, 9.17) is 4.52 Å². The van der Waals surface area contributed by atoms with Crippen LogP contribution in [0.2, 0.25) is 0 Å². The molecule has 1 aromatic carbocycles. The first-order valence-electron chi connectivity index (χ1n) is 10.1. The molecular formula is C20H21F3N4O5S. The van der Waals surface area contributed by atoms with Crippen molar-refractivity contribution in [2.75, 3.05) is 26.2 Å². The number of amides is 1. The fraction of sp³-hybridized carbons (Fsp3) is 0.400. The number of benzene rings is 1. The number of alkyl halides is 3. The minimum absolute atomic E-state index is 0.0368. The number of halogens is 3. The number of H-pyrrole nitrogens is 1. The number of rotatable bonds is 4. The van der Waals surface area contributed by atoms with Crippen LogP contribution in [0.4, 0.5) is 13.2 Å². The lowest BCUT2D eigenvalue weighted by Gasteiger charge is -2.21. The number of nitrogens with one attached hydrogen (secondary N) is 1. The number of sulfonamides is 1. The minimum atomic E-state index is -4.82. The molecule has 33 heavy (non-hydrogen) atoms. The van der Waals surface area contributed by atoms with Gasteiger partial charge >= 0.3 is 6.36 Å². The second-order valence-electron chi connectivity index (χ2n) is 7.68. The quantitative estimate of drug-likeness (QED) is 0.607. The minimum Gasteiger partial charge on any atom is -0.406 e. The normalized spacial score (nSPS) is 16.2. The summed E-state index contributed by atoms with van der Waals surface area (Å²) in [5, 5.41) is 4.26. The molecule has 1 N–H and O–H groups in total. The van der Waals surface area contributed by atoms with Crippen molar-refractivity contribution < 1.29 is 35.6 Å². The highest BCUT2D eigenvalue weighted by atomic mass is 32.2. The number of aromatic amines is 1. The fourth-order valence-corrected chi connectivity index (χ4v) is 5.66. The van der Waals surface area contributed by atoms with Crippen LogP contribution in [-0.2, 0) is 10.0 Å². The van der Waals surface area contributed by atoms with Crippen molar-refractivity contribution in [2.45, 2.75) is 31.5 Å². The molecule has 9 nitrogen and oxygen atoms in total. The molecule has 0 aliphatic carbocycles. The maximum atomic E-state index is 13.1.